The van der Waals surface area contributed by atoms with Gasteiger partial charge in [-0.15, -0.1) is 0 Å². The minimum absolute atomic E-state index is 0.0110. The van der Waals surface area contributed by atoms with Crippen molar-refractivity contribution >= 4 is 5.91 Å². The van der Waals surface area contributed by atoms with Gasteiger partial charge in [0.1, 0.15) is 0 Å². The summed E-state index contributed by atoms with van der Waals surface area (Å²) in [6, 6.07) is 3.82. The van der Waals surface area contributed by atoms with Crippen molar-refractivity contribution in [2.75, 3.05) is 7.05 Å². The molecule has 1 aromatic heterocycles. The lowest BCUT2D eigenvalue weighted by atomic mass is 9.92. The second kappa shape index (κ2) is 3.98. The first-order valence-electron chi connectivity index (χ1n) is 5.11. The fourth-order valence-corrected chi connectivity index (χ4v) is 2.09. The quantitative estimate of drug-likeness (QED) is 0.734. The van der Waals surface area contributed by atoms with Crippen LogP contribution in [0.2, 0.25) is 0 Å². The molecule has 1 amide bonds. The fourth-order valence-electron chi connectivity index (χ4n) is 2.09. The second-order valence-corrected chi connectivity index (χ2v) is 3.94. The minimum Gasteiger partial charge on any atom is -0.337 e. The fraction of sp³-hybridized carbons (Fsp3) is 0.455. The molecule has 4 nitrogen and oxygen atoms in total. The number of pyridine rings is 1. The van der Waals surface area contributed by atoms with Crippen molar-refractivity contribution in [2.45, 2.75) is 24.9 Å². The normalized spacial score (nSPS) is 26.8. The summed E-state index contributed by atoms with van der Waals surface area (Å²) in [5, 5.41) is 0. The van der Waals surface area contributed by atoms with Gasteiger partial charge < -0.3 is 10.6 Å². The van der Waals surface area contributed by atoms with E-state index in [4.69, 9.17) is 5.73 Å². The smallest absolute Gasteiger partial charge is 0.222 e. The maximum Gasteiger partial charge on any atom is 0.222 e. The standard InChI is InChI=1S/C11H15N3O/c1-14-10(15)5-4-9(12)11(14)8-3-2-6-13-7-8/h2-3,6-7,9,11H,4-5,12H2,1H3. The highest BCUT2D eigenvalue weighted by atomic mass is 16.2. The summed E-state index contributed by atoms with van der Waals surface area (Å²) < 4.78 is 0. The number of nitrogens with zero attached hydrogens (tertiary/aromatic N) is 2. The Morgan fingerprint density at radius 2 is 2.40 bits per heavy atom. The summed E-state index contributed by atoms with van der Waals surface area (Å²) in [5.41, 5.74) is 7.06. The number of hydrogen-bond donors (Lipinski definition) is 1. The Morgan fingerprint density at radius 1 is 1.60 bits per heavy atom. The minimum atomic E-state index is -0.0278. The predicted molar refractivity (Wildman–Crippen MR) is 57.0 cm³/mol. The van der Waals surface area contributed by atoms with Gasteiger partial charge in [0.2, 0.25) is 5.91 Å². The van der Waals surface area contributed by atoms with Crippen LogP contribution in [0.15, 0.2) is 24.5 Å². The third kappa shape index (κ3) is 1.85. The van der Waals surface area contributed by atoms with Crippen LogP contribution in [-0.2, 0) is 4.79 Å². The molecule has 4 heteroatoms. The summed E-state index contributed by atoms with van der Waals surface area (Å²) in [6.07, 6.45) is 4.80. The molecule has 1 aliphatic rings. The number of carbonyl (C=O) groups excluding carboxylic acids is 1. The van der Waals surface area contributed by atoms with Crippen LogP contribution in [0.3, 0.4) is 0 Å². The second-order valence-electron chi connectivity index (χ2n) is 3.94. The molecule has 1 aliphatic heterocycles. The third-order valence-electron chi connectivity index (χ3n) is 2.93. The Morgan fingerprint density at radius 3 is 3.07 bits per heavy atom. The number of likely N-dealkylation sites (tertiary alicyclic amines) is 1. The van der Waals surface area contributed by atoms with Crippen molar-refractivity contribution in [1.82, 2.24) is 9.88 Å². The Kier molecular flexibility index (Phi) is 2.68. The summed E-state index contributed by atoms with van der Waals surface area (Å²) in [4.78, 5) is 17.4. The number of piperidine rings is 1. The molecule has 80 valence electrons. The van der Waals surface area contributed by atoms with E-state index < -0.39 is 0 Å². The van der Waals surface area contributed by atoms with Gasteiger partial charge >= 0.3 is 0 Å². The van der Waals surface area contributed by atoms with Crippen LogP contribution in [0.4, 0.5) is 0 Å². The summed E-state index contributed by atoms with van der Waals surface area (Å²) in [5.74, 6) is 0.158. The average molecular weight is 205 g/mol. The molecule has 15 heavy (non-hydrogen) atoms. The molecule has 1 aromatic rings. The molecule has 2 rings (SSSR count). The molecular formula is C11H15N3O. The number of rotatable bonds is 1. The van der Waals surface area contributed by atoms with Gasteiger partial charge in [-0.25, -0.2) is 0 Å². The van der Waals surface area contributed by atoms with E-state index in [1.54, 1.807) is 24.3 Å². The van der Waals surface area contributed by atoms with Crippen LogP contribution in [0.1, 0.15) is 24.4 Å². The van der Waals surface area contributed by atoms with E-state index in [1.807, 2.05) is 12.1 Å². The van der Waals surface area contributed by atoms with Crippen molar-refractivity contribution in [3.8, 4) is 0 Å². The third-order valence-corrected chi connectivity index (χ3v) is 2.93. The zero-order valence-electron chi connectivity index (χ0n) is 8.76. The largest absolute Gasteiger partial charge is 0.337 e. The van der Waals surface area contributed by atoms with Crippen LogP contribution in [0, 0.1) is 0 Å². The van der Waals surface area contributed by atoms with Crippen LogP contribution < -0.4 is 5.73 Å². The van der Waals surface area contributed by atoms with Crippen molar-refractivity contribution in [2.24, 2.45) is 5.73 Å². The SMILES string of the molecule is CN1C(=O)CCC(N)C1c1cccnc1. The van der Waals surface area contributed by atoms with E-state index in [-0.39, 0.29) is 18.0 Å². The Balaban J connectivity index is 2.29. The van der Waals surface area contributed by atoms with Crippen molar-refractivity contribution in [3.63, 3.8) is 0 Å². The van der Waals surface area contributed by atoms with E-state index >= 15 is 0 Å². The number of amides is 1. The van der Waals surface area contributed by atoms with Crippen LogP contribution >= 0.6 is 0 Å². The number of carbonyl (C=O) groups is 1. The van der Waals surface area contributed by atoms with Gasteiger partial charge in [-0.2, -0.15) is 0 Å². The summed E-state index contributed by atoms with van der Waals surface area (Å²) in [6.45, 7) is 0. The lowest BCUT2D eigenvalue weighted by molar-refractivity contribution is -0.135. The monoisotopic (exact) mass is 205 g/mol. The van der Waals surface area contributed by atoms with E-state index in [9.17, 15) is 4.79 Å². The van der Waals surface area contributed by atoms with E-state index in [0.29, 0.717) is 6.42 Å². The maximum atomic E-state index is 11.6. The lowest BCUT2D eigenvalue weighted by Gasteiger charge is -2.37. The van der Waals surface area contributed by atoms with Crippen LogP contribution in [-0.4, -0.2) is 28.9 Å². The molecule has 2 N–H and O–H groups in total. The number of hydrogen-bond acceptors (Lipinski definition) is 3. The molecule has 1 saturated heterocycles. The van der Waals surface area contributed by atoms with E-state index in [1.165, 1.54) is 0 Å². The molecule has 2 atom stereocenters. The highest BCUT2D eigenvalue weighted by Crippen LogP contribution is 2.28. The highest BCUT2D eigenvalue weighted by Gasteiger charge is 2.32. The van der Waals surface area contributed by atoms with E-state index in [0.717, 1.165) is 12.0 Å². The zero-order chi connectivity index (χ0) is 10.8. The molecule has 2 unspecified atom stereocenters. The molecule has 0 spiro atoms. The molecular weight excluding hydrogens is 190 g/mol. The molecule has 1 fully saturated rings. The number of nitrogens with two attached hydrogens (primary N) is 1. The van der Waals surface area contributed by atoms with Crippen molar-refractivity contribution in [3.05, 3.63) is 30.1 Å². The molecule has 0 saturated carbocycles. The van der Waals surface area contributed by atoms with Crippen molar-refractivity contribution < 1.29 is 4.79 Å². The van der Waals surface area contributed by atoms with Gasteiger partial charge in [-0.3, -0.25) is 9.78 Å². The molecule has 2 heterocycles. The van der Waals surface area contributed by atoms with Gasteiger partial charge in [0.15, 0.2) is 0 Å². The summed E-state index contributed by atoms with van der Waals surface area (Å²) >= 11 is 0. The highest BCUT2D eigenvalue weighted by molar-refractivity contribution is 5.77. The Hall–Kier alpha value is -1.42. The Bertz CT molecular complexity index is 352. The van der Waals surface area contributed by atoms with Crippen LogP contribution in [0.25, 0.3) is 0 Å². The van der Waals surface area contributed by atoms with Gasteiger partial charge in [-0.05, 0) is 18.1 Å². The molecule has 0 aromatic carbocycles. The van der Waals surface area contributed by atoms with Gasteiger partial charge in [0, 0.05) is 31.9 Å². The molecule has 0 aliphatic carbocycles. The molecule has 0 radical (unpaired) electrons. The maximum absolute atomic E-state index is 11.6. The van der Waals surface area contributed by atoms with Crippen LogP contribution in [0.5, 0.6) is 0 Å². The van der Waals surface area contributed by atoms with Gasteiger partial charge in [0.25, 0.3) is 0 Å². The number of aromatic nitrogens is 1. The van der Waals surface area contributed by atoms with Gasteiger partial charge in [0.05, 0.1) is 6.04 Å². The van der Waals surface area contributed by atoms with Crippen molar-refractivity contribution in [1.29, 1.82) is 0 Å². The average Bonchev–Trinajstić information content (AvgIpc) is 2.26. The predicted octanol–water partition coefficient (Wildman–Crippen LogP) is 0.702. The van der Waals surface area contributed by atoms with Gasteiger partial charge in [-0.1, -0.05) is 6.07 Å². The Labute approximate surface area is 89.1 Å². The first-order valence-corrected chi connectivity index (χ1v) is 5.11. The first-order chi connectivity index (χ1) is 7.20. The first kappa shape index (κ1) is 10.1. The number of likely N-dealkylation sites (N-methyl/N-ethyl adjacent to an activating group) is 1. The summed E-state index contributed by atoms with van der Waals surface area (Å²) in [7, 11) is 1.80. The zero-order valence-corrected chi connectivity index (χ0v) is 8.76. The lowest BCUT2D eigenvalue weighted by Crippen LogP contribution is -2.46. The molecule has 0 bridgehead atoms. The topological polar surface area (TPSA) is 59.2 Å². The van der Waals surface area contributed by atoms with E-state index in [2.05, 4.69) is 4.98 Å².